The third-order valence-electron chi connectivity index (χ3n) is 5.61. The second-order valence-electron chi connectivity index (χ2n) is 6.50. The SMILES string of the molecule is O=C(N1CCN(C2CCC2)CC1)[C@]12C[C@H]1CCN2. The zero-order valence-corrected chi connectivity index (χ0v) is 11.0. The van der Waals surface area contributed by atoms with Crippen LogP contribution in [0.4, 0.5) is 0 Å². The number of carbonyl (C=O) groups is 1. The van der Waals surface area contributed by atoms with E-state index in [1.165, 1.54) is 25.7 Å². The van der Waals surface area contributed by atoms with Crippen molar-refractivity contribution < 1.29 is 4.79 Å². The van der Waals surface area contributed by atoms with Crippen molar-refractivity contribution in [3.05, 3.63) is 0 Å². The molecule has 2 heterocycles. The molecule has 0 aromatic rings. The number of rotatable bonds is 2. The Morgan fingerprint density at radius 2 is 1.89 bits per heavy atom. The lowest BCUT2D eigenvalue weighted by Crippen LogP contribution is -2.57. The van der Waals surface area contributed by atoms with Gasteiger partial charge in [-0.15, -0.1) is 0 Å². The molecule has 1 N–H and O–H groups in total. The summed E-state index contributed by atoms with van der Waals surface area (Å²) in [5.74, 6) is 1.05. The Bertz CT molecular complexity index is 360. The van der Waals surface area contributed by atoms with Gasteiger partial charge in [0.25, 0.3) is 0 Å². The van der Waals surface area contributed by atoms with E-state index in [2.05, 4.69) is 15.1 Å². The molecule has 2 atom stereocenters. The highest BCUT2D eigenvalue weighted by atomic mass is 16.2. The monoisotopic (exact) mass is 249 g/mol. The first-order valence-electron chi connectivity index (χ1n) is 7.58. The number of nitrogens with one attached hydrogen (secondary N) is 1. The van der Waals surface area contributed by atoms with Crippen LogP contribution in [0.2, 0.25) is 0 Å². The van der Waals surface area contributed by atoms with Crippen LogP contribution in [-0.2, 0) is 4.79 Å². The lowest BCUT2D eigenvalue weighted by Gasteiger charge is -2.43. The summed E-state index contributed by atoms with van der Waals surface area (Å²) in [5.41, 5.74) is -0.112. The van der Waals surface area contributed by atoms with Gasteiger partial charge in [-0.2, -0.15) is 0 Å². The Morgan fingerprint density at radius 1 is 1.11 bits per heavy atom. The van der Waals surface area contributed by atoms with Gasteiger partial charge in [0.15, 0.2) is 0 Å². The molecule has 2 saturated heterocycles. The van der Waals surface area contributed by atoms with Crippen LogP contribution in [0.3, 0.4) is 0 Å². The molecule has 0 radical (unpaired) electrons. The second kappa shape index (κ2) is 3.94. The summed E-state index contributed by atoms with van der Waals surface area (Å²) in [6.45, 7) is 5.13. The zero-order valence-electron chi connectivity index (χ0n) is 11.0. The molecule has 18 heavy (non-hydrogen) atoms. The van der Waals surface area contributed by atoms with Gasteiger partial charge in [0, 0.05) is 32.2 Å². The normalized spacial score (nSPS) is 40.4. The predicted molar refractivity (Wildman–Crippen MR) is 69.2 cm³/mol. The molecule has 0 aromatic heterocycles. The summed E-state index contributed by atoms with van der Waals surface area (Å²) < 4.78 is 0. The van der Waals surface area contributed by atoms with E-state index in [4.69, 9.17) is 0 Å². The highest BCUT2D eigenvalue weighted by Gasteiger charge is 2.63. The smallest absolute Gasteiger partial charge is 0.243 e. The second-order valence-corrected chi connectivity index (χ2v) is 6.50. The Balaban J connectivity index is 1.35. The van der Waals surface area contributed by atoms with Crippen molar-refractivity contribution in [2.75, 3.05) is 32.7 Å². The molecule has 0 bridgehead atoms. The number of piperidine rings is 1. The van der Waals surface area contributed by atoms with Crippen molar-refractivity contribution in [2.45, 2.75) is 43.7 Å². The van der Waals surface area contributed by atoms with Gasteiger partial charge in [-0.1, -0.05) is 6.42 Å². The van der Waals surface area contributed by atoms with E-state index < -0.39 is 0 Å². The number of piperazine rings is 1. The molecular weight excluding hydrogens is 226 g/mol. The number of hydrogen-bond acceptors (Lipinski definition) is 3. The Hall–Kier alpha value is -0.610. The Labute approximate surface area is 109 Å². The first kappa shape index (κ1) is 11.2. The summed E-state index contributed by atoms with van der Waals surface area (Å²) in [6, 6.07) is 0.832. The zero-order chi connectivity index (χ0) is 12.2. The summed E-state index contributed by atoms with van der Waals surface area (Å²) in [6.07, 6.45) is 6.45. The highest BCUT2D eigenvalue weighted by molar-refractivity contribution is 5.90. The minimum atomic E-state index is -0.112. The van der Waals surface area contributed by atoms with E-state index in [0.29, 0.717) is 11.8 Å². The van der Waals surface area contributed by atoms with Gasteiger partial charge in [0.05, 0.1) is 0 Å². The van der Waals surface area contributed by atoms with Crippen molar-refractivity contribution in [2.24, 2.45) is 5.92 Å². The third-order valence-corrected chi connectivity index (χ3v) is 5.61. The van der Waals surface area contributed by atoms with Crippen LogP contribution in [0.5, 0.6) is 0 Å². The van der Waals surface area contributed by atoms with Gasteiger partial charge < -0.3 is 10.2 Å². The third kappa shape index (κ3) is 1.55. The van der Waals surface area contributed by atoms with Crippen LogP contribution in [0, 0.1) is 5.92 Å². The molecule has 4 heteroatoms. The van der Waals surface area contributed by atoms with E-state index in [9.17, 15) is 4.79 Å². The molecule has 4 fully saturated rings. The fourth-order valence-corrected chi connectivity index (χ4v) is 4.03. The minimum absolute atomic E-state index is 0.112. The molecule has 100 valence electrons. The Kier molecular flexibility index (Phi) is 2.46. The largest absolute Gasteiger partial charge is 0.339 e. The van der Waals surface area contributed by atoms with Gasteiger partial charge in [-0.25, -0.2) is 0 Å². The summed E-state index contributed by atoms with van der Waals surface area (Å²) in [7, 11) is 0. The summed E-state index contributed by atoms with van der Waals surface area (Å²) in [4.78, 5) is 17.3. The van der Waals surface area contributed by atoms with Crippen molar-refractivity contribution >= 4 is 5.91 Å². The molecular formula is C14H23N3O. The predicted octanol–water partition coefficient (Wildman–Crippen LogP) is 0.435. The van der Waals surface area contributed by atoms with Gasteiger partial charge >= 0.3 is 0 Å². The lowest BCUT2D eigenvalue weighted by molar-refractivity contribution is -0.137. The van der Waals surface area contributed by atoms with Crippen LogP contribution in [0.15, 0.2) is 0 Å². The molecule has 2 saturated carbocycles. The van der Waals surface area contributed by atoms with E-state index >= 15 is 0 Å². The van der Waals surface area contributed by atoms with E-state index in [1.807, 2.05) is 0 Å². The number of carbonyl (C=O) groups excluding carboxylic acids is 1. The van der Waals surface area contributed by atoms with E-state index in [0.717, 1.165) is 45.2 Å². The van der Waals surface area contributed by atoms with Crippen molar-refractivity contribution in [1.82, 2.24) is 15.1 Å². The van der Waals surface area contributed by atoms with Crippen LogP contribution in [-0.4, -0.2) is 60.0 Å². The lowest BCUT2D eigenvalue weighted by atomic mass is 9.91. The van der Waals surface area contributed by atoms with Crippen molar-refractivity contribution in [3.8, 4) is 0 Å². The maximum atomic E-state index is 12.6. The average molecular weight is 249 g/mol. The minimum Gasteiger partial charge on any atom is -0.339 e. The van der Waals surface area contributed by atoms with Gasteiger partial charge in [0.2, 0.25) is 5.91 Å². The summed E-state index contributed by atoms with van der Waals surface area (Å²) >= 11 is 0. The van der Waals surface area contributed by atoms with Gasteiger partial charge in [-0.3, -0.25) is 9.69 Å². The molecule has 0 aromatic carbocycles. The molecule has 1 amide bonds. The molecule has 4 nitrogen and oxygen atoms in total. The number of amides is 1. The topological polar surface area (TPSA) is 35.6 Å². The number of hydrogen-bond donors (Lipinski definition) is 1. The van der Waals surface area contributed by atoms with Gasteiger partial charge in [0.1, 0.15) is 5.54 Å². The first-order chi connectivity index (χ1) is 8.79. The molecule has 4 aliphatic rings. The molecule has 0 spiro atoms. The number of fused-ring (bicyclic) bond motifs is 1. The molecule has 4 rings (SSSR count). The van der Waals surface area contributed by atoms with E-state index in [1.54, 1.807) is 0 Å². The van der Waals surface area contributed by atoms with E-state index in [-0.39, 0.29) is 5.54 Å². The quantitative estimate of drug-likeness (QED) is 0.771. The standard InChI is InChI=1S/C14H23N3O/c18-13(14-10-11(14)4-5-15-14)17-8-6-16(7-9-17)12-2-1-3-12/h11-12,15H,1-10H2/t11-,14+/m1/s1. The van der Waals surface area contributed by atoms with Crippen molar-refractivity contribution in [3.63, 3.8) is 0 Å². The Morgan fingerprint density at radius 3 is 2.39 bits per heavy atom. The molecule has 2 aliphatic heterocycles. The van der Waals surface area contributed by atoms with Crippen LogP contribution in [0.1, 0.15) is 32.1 Å². The van der Waals surface area contributed by atoms with Crippen LogP contribution in [0.25, 0.3) is 0 Å². The van der Waals surface area contributed by atoms with Crippen LogP contribution >= 0.6 is 0 Å². The number of nitrogens with zero attached hydrogens (tertiary/aromatic N) is 2. The fourth-order valence-electron chi connectivity index (χ4n) is 4.03. The highest BCUT2D eigenvalue weighted by Crippen LogP contribution is 2.50. The first-order valence-corrected chi connectivity index (χ1v) is 7.58. The summed E-state index contributed by atoms with van der Waals surface area (Å²) in [5, 5.41) is 3.46. The van der Waals surface area contributed by atoms with Crippen LogP contribution < -0.4 is 5.32 Å². The average Bonchev–Trinajstić information content (AvgIpc) is 2.90. The maximum Gasteiger partial charge on any atom is 0.243 e. The van der Waals surface area contributed by atoms with Gasteiger partial charge in [-0.05, 0) is 38.1 Å². The van der Waals surface area contributed by atoms with Crippen molar-refractivity contribution in [1.29, 1.82) is 0 Å². The molecule has 0 unspecified atom stereocenters. The fraction of sp³-hybridized carbons (Fsp3) is 0.929. The maximum absolute atomic E-state index is 12.6. The molecule has 2 aliphatic carbocycles.